The number of hydrogen-bond acceptors (Lipinski definition) is 3. The van der Waals surface area contributed by atoms with Crippen LogP contribution in [0.1, 0.15) is 65.7 Å². The number of carbonyl (C=O) groups is 2. The van der Waals surface area contributed by atoms with Crippen LogP contribution in [-0.2, 0) is 14.3 Å². The van der Waals surface area contributed by atoms with E-state index in [0.717, 1.165) is 44.9 Å². The van der Waals surface area contributed by atoms with Gasteiger partial charge in [0.05, 0.1) is 0 Å². The second kappa shape index (κ2) is 5.52. The maximum atomic E-state index is 12.5. The number of ether oxygens (including phenoxy) is 1. The smallest absolute Gasteiger partial charge is 0.184 e. The van der Waals surface area contributed by atoms with Crippen molar-refractivity contribution in [1.29, 1.82) is 0 Å². The van der Waals surface area contributed by atoms with Crippen molar-refractivity contribution in [2.45, 2.75) is 71.8 Å². The lowest BCUT2D eigenvalue weighted by atomic mass is 9.47. The summed E-state index contributed by atoms with van der Waals surface area (Å²) in [5.41, 5.74) is 1.38. The summed E-state index contributed by atoms with van der Waals surface area (Å²) in [5, 5.41) is 0. The maximum absolute atomic E-state index is 12.5. The van der Waals surface area contributed by atoms with Gasteiger partial charge in [-0.15, -0.1) is 0 Å². The van der Waals surface area contributed by atoms with Gasteiger partial charge in [-0.2, -0.15) is 0 Å². The Bertz CT molecular complexity index is 606. The van der Waals surface area contributed by atoms with E-state index >= 15 is 0 Å². The zero-order valence-corrected chi connectivity index (χ0v) is 15.3. The van der Waals surface area contributed by atoms with Crippen LogP contribution in [0.5, 0.6) is 0 Å². The third kappa shape index (κ3) is 2.13. The first-order valence-corrected chi connectivity index (χ1v) is 9.80. The Balaban J connectivity index is 1.67. The quantitative estimate of drug-likeness (QED) is 0.765. The summed E-state index contributed by atoms with van der Waals surface area (Å²) in [5.74, 6) is 2.48. The van der Waals surface area contributed by atoms with E-state index in [4.69, 9.17) is 4.74 Å². The SMILES string of the molecule is CCO[C@H]1C[C@@]2(C)C(=CC1=O)CC[C@@H]1[C@@H]2CC[C@]2(C)C(=O)CC[C@@H]12. The molecule has 0 aromatic rings. The molecule has 0 saturated heterocycles. The van der Waals surface area contributed by atoms with Crippen LogP contribution in [0.15, 0.2) is 11.6 Å². The normalized spacial score (nSPS) is 47.7. The molecular formula is C21H30O3. The Morgan fingerprint density at radius 2 is 1.83 bits per heavy atom. The molecule has 6 atom stereocenters. The van der Waals surface area contributed by atoms with E-state index in [9.17, 15) is 9.59 Å². The van der Waals surface area contributed by atoms with Crippen LogP contribution in [0.4, 0.5) is 0 Å². The molecule has 0 radical (unpaired) electrons. The van der Waals surface area contributed by atoms with Gasteiger partial charge in [0.15, 0.2) is 5.78 Å². The third-order valence-corrected chi connectivity index (χ3v) is 8.06. The average Bonchev–Trinajstić information content (AvgIpc) is 2.85. The van der Waals surface area contributed by atoms with Gasteiger partial charge in [0, 0.05) is 18.4 Å². The number of rotatable bonds is 2. The van der Waals surface area contributed by atoms with Crippen molar-refractivity contribution in [3.63, 3.8) is 0 Å². The molecule has 0 spiro atoms. The van der Waals surface area contributed by atoms with Crippen LogP contribution >= 0.6 is 0 Å². The largest absolute Gasteiger partial charge is 0.370 e. The van der Waals surface area contributed by atoms with Gasteiger partial charge in [0.1, 0.15) is 11.9 Å². The second-order valence-corrected chi connectivity index (χ2v) is 8.97. The first-order valence-electron chi connectivity index (χ1n) is 9.80. The number of hydrogen-bond donors (Lipinski definition) is 0. The van der Waals surface area contributed by atoms with Crippen molar-refractivity contribution >= 4 is 11.6 Å². The van der Waals surface area contributed by atoms with E-state index in [0.29, 0.717) is 30.1 Å². The Kier molecular flexibility index (Phi) is 3.80. The minimum Gasteiger partial charge on any atom is -0.370 e. The monoisotopic (exact) mass is 330 g/mol. The van der Waals surface area contributed by atoms with Crippen molar-refractivity contribution in [3.8, 4) is 0 Å². The summed E-state index contributed by atoms with van der Waals surface area (Å²) in [6.45, 7) is 7.16. The summed E-state index contributed by atoms with van der Waals surface area (Å²) in [6, 6.07) is 0. The molecular weight excluding hydrogens is 300 g/mol. The van der Waals surface area contributed by atoms with E-state index < -0.39 is 0 Å². The predicted octanol–water partition coefficient (Wildman–Crippen LogP) is 4.10. The fourth-order valence-corrected chi connectivity index (χ4v) is 6.71. The highest BCUT2D eigenvalue weighted by molar-refractivity contribution is 5.95. The first-order chi connectivity index (χ1) is 11.4. The summed E-state index contributed by atoms with van der Waals surface area (Å²) in [4.78, 5) is 24.8. The molecule has 0 amide bonds. The van der Waals surface area contributed by atoms with Crippen LogP contribution < -0.4 is 0 Å². The highest BCUT2D eigenvalue weighted by Crippen LogP contribution is 2.64. The Morgan fingerprint density at radius 1 is 1.08 bits per heavy atom. The molecule has 3 nitrogen and oxygen atoms in total. The molecule has 0 aliphatic heterocycles. The fourth-order valence-electron chi connectivity index (χ4n) is 6.71. The highest BCUT2D eigenvalue weighted by Gasteiger charge is 2.59. The van der Waals surface area contributed by atoms with Gasteiger partial charge >= 0.3 is 0 Å². The van der Waals surface area contributed by atoms with Crippen LogP contribution in [-0.4, -0.2) is 24.3 Å². The molecule has 4 rings (SSSR count). The van der Waals surface area contributed by atoms with Crippen LogP contribution in [0, 0.1) is 28.6 Å². The molecule has 0 aromatic carbocycles. The maximum Gasteiger partial charge on any atom is 0.184 e. The van der Waals surface area contributed by atoms with E-state index in [1.165, 1.54) is 5.57 Å². The third-order valence-electron chi connectivity index (χ3n) is 8.06. The van der Waals surface area contributed by atoms with E-state index in [1.807, 2.05) is 13.0 Å². The molecule has 0 bridgehead atoms. The predicted molar refractivity (Wildman–Crippen MR) is 92.5 cm³/mol. The molecule has 4 aliphatic carbocycles. The van der Waals surface area contributed by atoms with Gasteiger partial charge < -0.3 is 4.74 Å². The lowest BCUT2D eigenvalue weighted by Gasteiger charge is -2.57. The standard InChI is InChI=1S/C21H30O3/c1-4-24-18-12-21(3)13(11-17(18)22)5-6-14-15-7-8-19(23)20(15,2)10-9-16(14)21/h11,14-16,18H,4-10,12H2,1-3H3/t14-,15-,16-,18-,20-,21-/m0/s1. The number of allylic oxidation sites excluding steroid dienone is 1. The topological polar surface area (TPSA) is 43.4 Å². The van der Waals surface area contributed by atoms with Gasteiger partial charge in [0.2, 0.25) is 0 Å². The Labute approximate surface area is 145 Å². The van der Waals surface area contributed by atoms with Crippen molar-refractivity contribution in [2.24, 2.45) is 28.6 Å². The summed E-state index contributed by atoms with van der Waals surface area (Å²) < 4.78 is 5.76. The molecule has 4 aliphatic rings. The molecule has 132 valence electrons. The van der Waals surface area contributed by atoms with Gasteiger partial charge in [-0.05, 0) is 74.7 Å². The van der Waals surface area contributed by atoms with Crippen LogP contribution in [0.25, 0.3) is 0 Å². The minimum absolute atomic E-state index is 0.0669. The average molecular weight is 330 g/mol. The van der Waals surface area contributed by atoms with E-state index in [1.54, 1.807) is 0 Å². The molecule has 0 N–H and O–H groups in total. The summed E-state index contributed by atoms with van der Waals surface area (Å²) in [7, 11) is 0. The second-order valence-electron chi connectivity index (χ2n) is 8.97. The zero-order chi connectivity index (χ0) is 17.1. The van der Waals surface area contributed by atoms with Gasteiger partial charge in [0.25, 0.3) is 0 Å². The summed E-state index contributed by atoms with van der Waals surface area (Å²) >= 11 is 0. The number of ketones is 2. The van der Waals surface area contributed by atoms with Crippen molar-refractivity contribution < 1.29 is 14.3 Å². The molecule has 24 heavy (non-hydrogen) atoms. The number of Topliss-reactive ketones (excluding diaryl/α,β-unsaturated/α-hetero) is 1. The lowest BCUT2D eigenvalue weighted by molar-refractivity contribution is -0.136. The van der Waals surface area contributed by atoms with Gasteiger partial charge in [-0.1, -0.05) is 19.4 Å². The Morgan fingerprint density at radius 3 is 2.58 bits per heavy atom. The molecule has 0 aromatic heterocycles. The molecule has 0 heterocycles. The number of fused-ring (bicyclic) bond motifs is 5. The fraction of sp³-hybridized carbons (Fsp3) is 0.810. The van der Waals surface area contributed by atoms with Gasteiger partial charge in [-0.3, -0.25) is 9.59 Å². The van der Waals surface area contributed by atoms with Crippen molar-refractivity contribution in [2.75, 3.05) is 6.61 Å². The van der Waals surface area contributed by atoms with Crippen molar-refractivity contribution in [3.05, 3.63) is 11.6 Å². The van der Waals surface area contributed by atoms with E-state index in [2.05, 4.69) is 13.8 Å². The van der Waals surface area contributed by atoms with Crippen LogP contribution in [0.2, 0.25) is 0 Å². The van der Waals surface area contributed by atoms with E-state index in [-0.39, 0.29) is 22.7 Å². The molecule has 3 saturated carbocycles. The number of carbonyl (C=O) groups excluding carboxylic acids is 2. The van der Waals surface area contributed by atoms with Crippen LogP contribution in [0.3, 0.4) is 0 Å². The zero-order valence-electron chi connectivity index (χ0n) is 15.3. The highest BCUT2D eigenvalue weighted by atomic mass is 16.5. The molecule has 0 unspecified atom stereocenters. The lowest BCUT2D eigenvalue weighted by Crippen LogP contribution is -2.52. The Hall–Kier alpha value is -0.960. The summed E-state index contributed by atoms with van der Waals surface area (Å²) in [6.07, 6.45) is 8.70. The van der Waals surface area contributed by atoms with Crippen molar-refractivity contribution in [1.82, 2.24) is 0 Å². The minimum atomic E-state index is -0.263. The molecule has 3 heteroatoms. The van der Waals surface area contributed by atoms with Gasteiger partial charge in [-0.25, -0.2) is 0 Å². The molecule has 3 fully saturated rings. The first kappa shape index (κ1) is 16.5.